The van der Waals surface area contributed by atoms with Crippen molar-refractivity contribution in [3.8, 4) is 0 Å². The second kappa shape index (κ2) is 10.6. The predicted octanol–water partition coefficient (Wildman–Crippen LogP) is 4.03. The Kier molecular flexibility index (Phi) is 7.68. The second-order valence-electron chi connectivity index (χ2n) is 8.01. The van der Waals surface area contributed by atoms with Crippen LogP contribution in [-0.4, -0.2) is 25.0 Å². The first-order chi connectivity index (χ1) is 14.1. The maximum absolute atomic E-state index is 12.2. The van der Waals surface area contributed by atoms with Crippen LogP contribution in [0, 0.1) is 18.8 Å². The fourth-order valence-electron chi connectivity index (χ4n) is 3.76. The van der Waals surface area contributed by atoms with Crippen molar-refractivity contribution in [3.05, 3.63) is 71.3 Å². The minimum Gasteiger partial charge on any atom is -0.352 e. The third-order valence-corrected chi connectivity index (χ3v) is 5.68. The summed E-state index contributed by atoms with van der Waals surface area (Å²) >= 11 is 0. The molecule has 0 radical (unpaired) electrons. The molecule has 0 unspecified atom stereocenters. The molecular weight excluding hydrogens is 362 g/mol. The van der Waals surface area contributed by atoms with E-state index in [2.05, 4.69) is 16.0 Å². The van der Waals surface area contributed by atoms with Crippen LogP contribution in [0.2, 0.25) is 0 Å². The SMILES string of the molecule is Cc1ccc(C(=O)NCC2CCC(CNC(=O)NCc3ccccc3)CC2)cc1. The van der Waals surface area contributed by atoms with Crippen LogP contribution in [0.3, 0.4) is 0 Å². The highest BCUT2D eigenvalue weighted by Gasteiger charge is 2.22. The van der Waals surface area contributed by atoms with Gasteiger partial charge in [0.05, 0.1) is 0 Å². The van der Waals surface area contributed by atoms with Crippen LogP contribution in [0.4, 0.5) is 4.79 Å². The highest BCUT2D eigenvalue weighted by atomic mass is 16.2. The van der Waals surface area contributed by atoms with Crippen LogP contribution in [0.1, 0.15) is 47.2 Å². The van der Waals surface area contributed by atoms with E-state index in [1.54, 1.807) is 0 Å². The standard InChI is InChI=1S/C24H31N3O2/c1-18-7-13-22(14-8-18)23(28)25-15-20-9-11-21(12-10-20)17-27-24(29)26-16-19-5-3-2-4-6-19/h2-8,13-14,20-21H,9-12,15-17H2,1H3,(H,25,28)(H2,26,27,29). The lowest BCUT2D eigenvalue weighted by atomic mass is 9.82. The first kappa shape index (κ1) is 20.9. The number of carbonyl (C=O) groups is 2. The van der Waals surface area contributed by atoms with Crippen LogP contribution in [0.25, 0.3) is 0 Å². The van der Waals surface area contributed by atoms with Crippen molar-refractivity contribution in [1.82, 2.24) is 16.0 Å². The number of carbonyl (C=O) groups excluding carboxylic acids is 2. The summed E-state index contributed by atoms with van der Waals surface area (Å²) in [7, 11) is 0. The molecule has 0 heterocycles. The van der Waals surface area contributed by atoms with Crippen molar-refractivity contribution in [2.75, 3.05) is 13.1 Å². The first-order valence-electron chi connectivity index (χ1n) is 10.5. The van der Waals surface area contributed by atoms with Crippen LogP contribution >= 0.6 is 0 Å². The van der Waals surface area contributed by atoms with Crippen LogP contribution in [0.15, 0.2) is 54.6 Å². The molecule has 0 bridgehead atoms. The maximum Gasteiger partial charge on any atom is 0.315 e. The lowest BCUT2D eigenvalue weighted by Crippen LogP contribution is -2.39. The highest BCUT2D eigenvalue weighted by Crippen LogP contribution is 2.28. The number of rotatable bonds is 7. The number of benzene rings is 2. The molecule has 3 N–H and O–H groups in total. The van der Waals surface area contributed by atoms with Gasteiger partial charge in [0, 0.05) is 25.2 Å². The molecule has 1 aliphatic rings. The van der Waals surface area contributed by atoms with E-state index >= 15 is 0 Å². The van der Waals surface area contributed by atoms with Gasteiger partial charge in [-0.25, -0.2) is 4.79 Å². The van der Waals surface area contributed by atoms with E-state index in [0.29, 0.717) is 24.9 Å². The van der Waals surface area contributed by atoms with Crippen LogP contribution in [0.5, 0.6) is 0 Å². The molecule has 3 amide bonds. The quantitative estimate of drug-likeness (QED) is 0.665. The summed E-state index contributed by atoms with van der Waals surface area (Å²) in [6.45, 7) is 4.00. The van der Waals surface area contributed by atoms with E-state index in [1.807, 2.05) is 61.5 Å². The van der Waals surface area contributed by atoms with Gasteiger partial charge < -0.3 is 16.0 Å². The van der Waals surface area contributed by atoms with E-state index in [0.717, 1.165) is 48.9 Å². The molecule has 1 aliphatic carbocycles. The Morgan fingerprint density at radius 3 is 2.00 bits per heavy atom. The van der Waals surface area contributed by atoms with Crippen molar-refractivity contribution in [3.63, 3.8) is 0 Å². The van der Waals surface area contributed by atoms with Gasteiger partial charge >= 0.3 is 6.03 Å². The molecular formula is C24H31N3O2. The fraction of sp³-hybridized carbons (Fsp3) is 0.417. The minimum atomic E-state index is -0.110. The minimum absolute atomic E-state index is 0.00359. The molecule has 2 aromatic rings. The Morgan fingerprint density at radius 1 is 0.793 bits per heavy atom. The van der Waals surface area contributed by atoms with E-state index in [1.165, 1.54) is 0 Å². The van der Waals surface area contributed by atoms with E-state index < -0.39 is 0 Å². The van der Waals surface area contributed by atoms with Gasteiger partial charge in [-0.05, 0) is 62.1 Å². The highest BCUT2D eigenvalue weighted by molar-refractivity contribution is 5.94. The molecule has 5 nitrogen and oxygen atoms in total. The Hall–Kier alpha value is -2.82. The first-order valence-corrected chi connectivity index (χ1v) is 10.5. The molecule has 0 aromatic heterocycles. The van der Waals surface area contributed by atoms with Gasteiger partial charge in [-0.1, -0.05) is 48.0 Å². The predicted molar refractivity (Wildman–Crippen MR) is 116 cm³/mol. The fourth-order valence-corrected chi connectivity index (χ4v) is 3.76. The summed E-state index contributed by atoms with van der Waals surface area (Å²) < 4.78 is 0. The van der Waals surface area contributed by atoms with Crippen molar-refractivity contribution in [2.45, 2.75) is 39.2 Å². The molecule has 3 rings (SSSR count). The summed E-state index contributed by atoms with van der Waals surface area (Å²) in [5.74, 6) is 1.04. The molecule has 29 heavy (non-hydrogen) atoms. The monoisotopic (exact) mass is 393 g/mol. The van der Waals surface area contributed by atoms with Crippen LogP contribution in [-0.2, 0) is 6.54 Å². The molecule has 0 atom stereocenters. The number of nitrogens with one attached hydrogen (secondary N) is 3. The zero-order valence-electron chi connectivity index (χ0n) is 17.1. The van der Waals surface area contributed by atoms with E-state index in [4.69, 9.17) is 0 Å². The van der Waals surface area contributed by atoms with Gasteiger partial charge in [0.15, 0.2) is 0 Å². The van der Waals surface area contributed by atoms with Crippen molar-refractivity contribution >= 4 is 11.9 Å². The molecule has 2 aromatic carbocycles. The molecule has 0 spiro atoms. The number of urea groups is 1. The van der Waals surface area contributed by atoms with Gasteiger partial charge in [0.1, 0.15) is 0 Å². The molecule has 0 saturated heterocycles. The Bertz CT molecular complexity index is 782. The molecule has 1 fully saturated rings. The van der Waals surface area contributed by atoms with Gasteiger partial charge in [-0.15, -0.1) is 0 Å². The Morgan fingerprint density at radius 2 is 1.38 bits per heavy atom. The zero-order chi connectivity index (χ0) is 20.5. The summed E-state index contributed by atoms with van der Waals surface area (Å²) in [5.41, 5.74) is 2.97. The number of amides is 3. The van der Waals surface area contributed by atoms with Gasteiger partial charge in [-0.3, -0.25) is 4.79 Å². The van der Waals surface area contributed by atoms with E-state index in [-0.39, 0.29) is 11.9 Å². The average molecular weight is 394 g/mol. The average Bonchev–Trinajstić information content (AvgIpc) is 2.76. The molecule has 0 aliphatic heterocycles. The molecule has 154 valence electrons. The maximum atomic E-state index is 12.2. The van der Waals surface area contributed by atoms with Gasteiger partial charge in [0.2, 0.25) is 0 Å². The molecule has 5 heteroatoms. The third kappa shape index (κ3) is 6.93. The molecule has 1 saturated carbocycles. The van der Waals surface area contributed by atoms with Crippen molar-refractivity contribution in [1.29, 1.82) is 0 Å². The third-order valence-electron chi connectivity index (χ3n) is 5.68. The zero-order valence-corrected chi connectivity index (χ0v) is 17.1. The Balaban J connectivity index is 1.29. The lowest BCUT2D eigenvalue weighted by molar-refractivity contribution is 0.0941. The summed E-state index contributed by atoms with van der Waals surface area (Å²) in [4.78, 5) is 24.2. The van der Waals surface area contributed by atoms with E-state index in [9.17, 15) is 9.59 Å². The normalized spacial score (nSPS) is 18.7. The lowest BCUT2D eigenvalue weighted by Gasteiger charge is -2.28. The summed E-state index contributed by atoms with van der Waals surface area (Å²) in [5, 5.41) is 8.96. The number of aryl methyl sites for hydroxylation is 1. The Labute approximate surface area is 173 Å². The number of hydrogen-bond donors (Lipinski definition) is 3. The van der Waals surface area contributed by atoms with Crippen molar-refractivity contribution < 1.29 is 9.59 Å². The number of hydrogen-bond acceptors (Lipinski definition) is 2. The second-order valence-corrected chi connectivity index (χ2v) is 8.01. The summed E-state index contributed by atoms with van der Waals surface area (Å²) in [6, 6.07) is 17.5. The summed E-state index contributed by atoms with van der Waals surface area (Å²) in [6.07, 6.45) is 4.35. The van der Waals surface area contributed by atoms with Gasteiger partial charge in [-0.2, -0.15) is 0 Å². The smallest absolute Gasteiger partial charge is 0.315 e. The van der Waals surface area contributed by atoms with Crippen molar-refractivity contribution in [2.24, 2.45) is 11.8 Å². The largest absolute Gasteiger partial charge is 0.352 e. The topological polar surface area (TPSA) is 70.2 Å². The van der Waals surface area contributed by atoms with Crippen LogP contribution < -0.4 is 16.0 Å². The van der Waals surface area contributed by atoms with Gasteiger partial charge in [0.25, 0.3) is 5.91 Å².